The number of hydrogen-bond acceptors (Lipinski definition) is 16. The maximum absolute atomic E-state index is 12.9. The van der Waals surface area contributed by atoms with Crippen LogP contribution in [0.4, 0.5) is 11.6 Å². The number of aromatic amines is 1. The number of rotatable bonds is 31. The zero-order chi connectivity index (χ0) is 56.7. The van der Waals surface area contributed by atoms with E-state index in [1.54, 1.807) is 41.3 Å². The van der Waals surface area contributed by atoms with Crippen LogP contribution in [0.2, 0.25) is 0 Å². The number of benzene rings is 3. The van der Waals surface area contributed by atoms with E-state index in [1.807, 2.05) is 63.2 Å². The van der Waals surface area contributed by atoms with Crippen LogP contribution < -0.4 is 36.1 Å². The standard InChI is InChI=1S/C56H66N12O11/c1-4-66(32-49(71)72)30-43-25-41(26-44(63-43)31-67(33-50(73)74)34-51(75)76)16-11-37-19-22-46(45(27-37)68(5-2)6-3)78-24-8-23-58-47(69)9-7-10-48(70)59-28-39-17-20-42(21-18-39)54(77)60-29-38-12-14-40(15-13-38)35-79-55-52-53(62-36-61-52)64-56(57)65-55/h12-15,17-22,25-27,36H,4-10,23-24,28-35H2,1-3H3,(H,58,69)(H,59,70)(H,60,77)(H,71,72)(H,73,74)(H,75,76)(H3,57,61,62,64,65). The Morgan fingerprint density at radius 1 is 0.646 bits per heavy atom. The van der Waals surface area contributed by atoms with Crippen molar-refractivity contribution in [3.8, 4) is 23.5 Å². The molecule has 0 unspecified atom stereocenters. The number of amides is 3. The third-order valence-corrected chi connectivity index (χ3v) is 12.2. The van der Waals surface area contributed by atoms with Gasteiger partial charge in [-0.25, -0.2) is 4.98 Å². The summed E-state index contributed by atoms with van der Waals surface area (Å²) in [5.74, 6) is 3.34. The molecule has 0 fully saturated rings. The highest BCUT2D eigenvalue weighted by molar-refractivity contribution is 5.94. The van der Waals surface area contributed by atoms with E-state index in [1.165, 1.54) is 11.2 Å². The van der Waals surface area contributed by atoms with E-state index in [9.17, 15) is 44.1 Å². The highest BCUT2D eigenvalue weighted by atomic mass is 16.5. The molecule has 79 heavy (non-hydrogen) atoms. The number of pyridine rings is 1. The molecule has 23 nitrogen and oxygen atoms in total. The number of nitrogens with one attached hydrogen (secondary N) is 4. The number of nitrogens with zero attached hydrogens (tertiary/aromatic N) is 7. The van der Waals surface area contributed by atoms with Gasteiger partial charge in [0.2, 0.25) is 23.6 Å². The smallest absolute Gasteiger partial charge is 0.317 e. The fourth-order valence-corrected chi connectivity index (χ4v) is 8.19. The third-order valence-electron chi connectivity index (χ3n) is 12.2. The molecule has 416 valence electrons. The highest BCUT2D eigenvalue weighted by Gasteiger charge is 2.18. The molecule has 3 aromatic carbocycles. The summed E-state index contributed by atoms with van der Waals surface area (Å²) in [6.07, 6.45) is 2.74. The summed E-state index contributed by atoms with van der Waals surface area (Å²) in [5.41, 5.74) is 12.7. The number of imidazole rings is 1. The second-order valence-corrected chi connectivity index (χ2v) is 18.2. The van der Waals surface area contributed by atoms with Gasteiger partial charge in [0.15, 0.2) is 11.2 Å². The molecule has 3 amide bonds. The lowest BCUT2D eigenvalue weighted by molar-refractivity contribution is -0.142. The number of carbonyl (C=O) groups is 6. The second kappa shape index (κ2) is 30.0. The number of carboxylic acid groups (broad SMARTS) is 3. The molecule has 0 saturated carbocycles. The highest BCUT2D eigenvalue weighted by Crippen LogP contribution is 2.30. The van der Waals surface area contributed by atoms with Gasteiger partial charge in [0.25, 0.3) is 5.91 Å². The summed E-state index contributed by atoms with van der Waals surface area (Å²) >= 11 is 0. The number of nitrogens with two attached hydrogens (primary N) is 1. The van der Waals surface area contributed by atoms with E-state index in [0.29, 0.717) is 97.2 Å². The zero-order valence-corrected chi connectivity index (χ0v) is 44.4. The van der Waals surface area contributed by atoms with Crippen LogP contribution >= 0.6 is 0 Å². The number of fused-ring (bicyclic) bond motifs is 1. The molecule has 0 aliphatic heterocycles. The van der Waals surface area contributed by atoms with Gasteiger partial charge in [0.1, 0.15) is 12.4 Å². The summed E-state index contributed by atoms with van der Waals surface area (Å²) < 4.78 is 12.0. The third kappa shape index (κ3) is 19.4. The predicted octanol–water partition coefficient (Wildman–Crippen LogP) is 4.33. The molecule has 9 N–H and O–H groups in total. The molecule has 6 aromatic rings. The number of carboxylic acids is 3. The largest absolute Gasteiger partial charge is 0.491 e. The van der Waals surface area contributed by atoms with Crippen LogP contribution in [0.3, 0.4) is 0 Å². The van der Waals surface area contributed by atoms with Crippen LogP contribution in [0, 0.1) is 11.8 Å². The number of anilines is 2. The first kappa shape index (κ1) is 59.1. The van der Waals surface area contributed by atoms with E-state index in [2.05, 4.69) is 57.6 Å². The van der Waals surface area contributed by atoms with Gasteiger partial charge in [-0.3, -0.25) is 43.6 Å². The van der Waals surface area contributed by atoms with Gasteiger partial charge in [0, 0.05) is 75.3 Å². The van der Waals surface area contributed by atoms with Crippen LogP contribution in [0.5, 0.6) is 11.6 Å². The molecule has 0 aliphatic carbocycles. The lowest BCUT2D eigenvalue weighted by Gasteiger charge is -2.24. The van der Waals surface area contributed by atoms with E-state index in [-0.39, 0.29) is 75.2 Å². The van der Waals surface area contributed by atoms with Crippen molar-refractivity contribution in [1.29, 1.82) is 0 Å². The van der Waals surface area contributed by atoms with Crippen molar-refractivity contribution in [3.05, 3.63) is 130 Å². The Morgan fingerprint density at radius 2 is 1.24 bits per heavy atom. The second-order valence-electron chi connectivity index (χ2n) is 18.2. The first-order valence-electron chi connectivity index (χ1n) is 25.8. The maximum Gasteiger partial charge on any atom is 0.317 e. The Hall–Kier alpha value is -9.14. The average Bonchev–Trinajstić information content (AvgIpc) is 3.90. The Morgan fingerprint density at radius 3 is 1.89 bits per heavy atom. The number of hydrogen-bond donors (Lipinski definition) is 8. The van der Waals surface area contributed by atoms with Crippen LogP contribution in [0.1, 0.15) is 96.0 Å². The Kier molecular flexibility index (Phi) is 22.4. The van der Waals surface area contributed by atoms with E-state index in [0.717, 1.165) is 22.4 Å². The number of H-pyrrole nitrogens is 1. The fraction of sp³-hybridized carbons (Fsp3) is 0.357. The first-order chi connectivity index (χ1) is 38.1. The van der Waals surface area contributed by atoms with Crippen molar-refractivity contribution in [2.24, 2.45) is 0 Å². The molecule has 3 heterocycles. The molecule has 0 atom stereocenters. The van der Waals surface area contributed by atoms with Crippen LogP contribution in [0.15, 0.2) is 85.2 Å². The van der Waals surface area contributed by atoms with Gasteiger partial charge in [-0.1, -0.05) is 55.2 Å². The summed E-state index contributed by atoms with van der Waals surface area (Å²) in [6.45, 7) is 8.02. The molecule has 6 rings (SSSR count). The van der Waals surface area contributed by atoms with Crippen molar-refractivity contribution in [2.75, 3.05) is 63.1 Å². The SMILES string of the molecule is CCN(CC(=O)O)Cc1cc(C#Cc2ccc(OCCCNC(=O)CCCC(=O)NCc3ccc(C(=O)NCc4ccc(COc5nc(N)nc6[nH]cnc56)cc4)cc3)c(N(CC)CC)c2)cc(CN(CC(=O)O)CC(=O)O)n1. The van der Waals surface area contributed by atoms with Gasteiger partial charge < -0.3 is 56.4 Å². The van der Waals surface area contributed by atoms with Gasteiger partial charge in [-0.05, 0) is 92.4 Å². The number of aromatic nitrogens is 5. The van der Waals surface area contributed by atoms with E-state index in [4.69, 9.17) is 15.2 Å². The molecule has 0 aliphatic rings. The number of nitrogen functional groups attached to an aromatic ring is 1. The molecule has 0 radical (unpaired) electrons. The Balaban J connectivity index is 0.906. The summed E-state index contributed by atoms with van der Waals surface area (Å²) in [4.78, 5) is 97.6. The summed E-state index contributed by atoms with van der Waals surface area (Å²) in [6, 6.07) is 23.5. The van der Waals surface area contributed by atoms with Crippen molar-refractivity contribution in [3.63, 3.8) is 0 Å². The molecular weight excluding hydrogens is 1020 g/mol. The minimum absolute atomic E-state index is 0.0753. The van der Waals surface area contributed by atoms with Crippen molar-refractivity contribution >= 4 is 58.4 Å². The Labute approximate surface area is 456 Å². The van der Waals surface area contributed by atoms with Crippen LogP contribution in [0.25, 0.3) is 11.2 Å². The minimum atomic E-state index is -1.19. The number of carbonyl (C=O) groups excluding carboxylic acids is 3. The number of likely N-dealkylation sites (N-methyl/N-ethyl adjacent to an activating group) is 1. The van der Waals surface area contributed by atoms with E-state index >= 15 is 0 Å². The number of aliphatic carboxylic acids is 3. The predicted molar refractivity (Wildman–Crippen MR) is 293 cm³/mol. The molecule has 3 aromatic heterocycles. The van der Waals surface area contributed by atoms with Crippen LogP contribution in [-0.2, 0) is 56.8 Å². The lowest BCUT2D eigenvalue weighted by atomic mass is 10.1. The normalized spacial score (nSPS) is 10.9. The van der Waals surface area contributed by atoms with Gasteiger partial charge >= 0.3 is 17.9 Å². The van der Waals surface area contributed by atoms with Crippen molar-refractivity contribution in [1.82, 2.24) is 50.7 Å². The van der Waals surface area contributed by atoms with Crippen LogP contribution in [-0.4, -0.2) is 138 Å². The molecule has 23 heteroatoms. The van der Waals surface area contributed by atoms with Gasteiger partial charge in [-0.2, -0.15) is 9.97 Å². The monoisotopic (exact) mass is 1080 g/mol. The van der Waals surface area contributed by atoms with Gasteiger partial charge in [0.05, 0.1) is 49.6 Å². The minimum Gasteiger partial charge on any atom is -0.491 e. The van der Waals surface area contributed by atoms with Crippen molar-refractivity contribution < 1.29 is 53.6 Å². The first-order valence-corrected chi connectivity index (χ1v) is 25.8. The molecule has 0 saturated heterocycles. The summed E-state index contributed by atoms with van der Waals surface area (Å²) in [5, 5.41) is 36.9. The molecule has 0 bridgehead atoms. The molecular formula is C56H66N12O11. The maximum atomic E-state index is 12.9. The van der Waals surface area contributed by atoms with E-state index < -0.39 is 31.0 Å². The lowest BCUT2D eigenvalue weighted by Crippen LogP contribution is -2.34. The summed E-state index contributed by atoms with van der Waals surface area (Å²) in [7, 11) is 0. The van der Waals surface area contributed by atoms with Gasteiger partial charge in [-0.15, -0.1) is 0 Å². The average molecular weight is 1080 g/mol. The topological polar surface area (TPSA) is 321 Å². The Bertz CT molecular complexity index is 3100. The van der Waals surface area contributed by atoms with Crippen molar-refractivity contribution in [2.45, 2.75) is 79.2 Å². The zero-order valence-electron chi connectivity index (χ0n) is 44.4. The quantitative estimate of drug-likeness (QED) is 0.0222. The number of ether oxygens (including phenoxy) is 2. The fourth-order valence-electron chi connectivity index (χ4n) is 8.19. The molecule has 0 spiro atoms.